The van der Waals surface area contributed by atoms with Crippen molar-refractivity contribution < 1.29 is 0 Å². The maximum atomic E-state index is 3.46. The summed E-state index contributed by atoms with van der Waals surface area (Å²) in [5, 5.41) is 3.46. The van der Waals surface area contributed by atoms with E-state index in [2.05, 4.69) is 29.0 Å². The van der Waals surface area contributed by atoms with E-state index in [0.29, 0.717) is 0 Å². The van der Waals surface area contributed by atoms with Gasteiger partial charge in [-0.15, -0.1) is 0 Å². The second-order valence-corrected chi connectivity index (χ2v) is 5.95. The summed E-state index contributed by atoms with van der Waals surface area (Å²) < 4.78 is 0. The molecule has 18 heavy (non-hydrogen) atoms. The maximum absolute atomic E-state index is 3.46. The number of nitrogens with zero attached hydrogens (tertiary/aromatic N) is 2. The first kappa shape index (κ1) is 14.3. The summed E-state index contributed by atoms with van der Waals surface area (Å²) >= 11 is 0. The molecule has 0 aromatic carbocycles. The molecule has 0 aliphatic carbocycles. The van der Waals surface area contributed by atoms with Crippen LogP contribution in [0.4, 0.5) is 0 Å². The second kappa shape index (κ2) is 7.46. The third kappa shape index (κ3) is 3.94. The van der Waals surface area contributed by atoms with Gasteiger partial charge in [0.2, 0.25) is 0 Å². The number of nitrogens with one attached hydrogen (secondary N) is 1. The molecule has 2 saturated heterocycles. The van der Waals surface area contributed by atoms with Crippen molar-refractivity contribution in [2.75, 3.05) is 45.8 Å². The Morgan fingerprint density at radius 3 is 2.50 bits per heavy atom. The molecule has 106 valence electrons. The van der Waals surface area contributed by atoms with Crippen LogP contribution >= 0.6 is 0 Å². The normalized spacial score (nSPS) is 27.2. The lowest BCUT2D eigenvalue weighted by atomic mass is 9.94. The van der Waals surface area contributed by atoms with Crippen LogP contribution in [0, 0.1) is 5.92 Å². The highest BCUT2D eigenvalue weighted by atomic mass is 15.2. The molecule has 0 spiro atoms. The fourth-order valence-corrected chi connectivity index (χ4v) is 3.59. The lowest BCUT2D eigenvalue weighted by molar-refractivity contribution is 0.204. The Morgan fingerprint density at radius 2 is 1.83 bits per heavy atom. The van der Waals surface area contributed by atoms with E-state index >= 15 is 0 Å². The number of hydrogen-bond donors (Lipinski definition) is 1. The highest BCUT2D eigenvalue weighted by Crippen LogP contribution is 2.20. The molecule has 2 fully saturated rings. The van der Waals surface area contributed by atoms with Crippen molar-refractivity contribution in [3.8, 4) is 0 Å². The quantitative estimate of drug-likeness (QED) is 0.778. The number of piperidine rings is 1. The molecule has 0 aromatic heterocycles. The predicted octanol–water partition coefficient (Wildman–Crippen LogP) is 1.79. The van der Waals surface area contributed by atoms with Crippen molar-refractivity contribution >= 4 is 0 Å². The van der Waals surface area contributed by atoms with Crippen molar-refractivity contribution in [1.82, 2.24) is 15.1 Å². The van der Waals surface area contributed by atoms with Gasteiger partial charge in [-0.25, -0.2) is 0 Å². The summed E-state index contributed by atoms with van der Waals surface area (Å²) in [6, 6.07) is 0.827. The molecule has 1 atom stereocenters. The van der Waals surface area contributed by atoms with E-state index in [1.165, 1.54) is 71.5 Å². The first-order valence-corrected chi connectivity index (χ1v) is 8.00. The van der Waals surface area contributed by atoms with Crippen LogP contribution in [0.1, 0.15) is 39.5 Å². The number of hydrogen-bond acceptors (Lipinski definition) is 3. The minimum absolute atomic E-state index is 0.827. The molecule has 0 amide bonds. The number of likely N-dealkylation sites (tertiary alicyclic amines) is 1. The minimum atomic E-state index is 0.827. The molecule has 0 aromatic rings. The Morgan fingerprint density at radius 1 is 1.11 bits per heavy atom. The van der Waals surface area contributed by atoms with E-state index in [1.807, 2.05) is 0 Å². The zero-order valence-corrected chi connectivity index (χ0v) is 12.3. The van der Waals surface area contributed by atoms with Crippen LogP contribution in [0.3, 0.4) is 0 Å². The van der Waals surface area contributed by atoms with Crippen molar-refractivity contribution in [3.63, 3.8) is 0 Å². The van der Waals surface area contributed by atoms with E-state index < -0.39 is 0 Å². The molecule has 2 aliphatic heterocycles. The first-order chi connectivity index (χ1) is 8.83. The van der Waals surface area contributed by atoms with Crippen molar-refractivity contribution in [1.29, 1.82) is 0 Å². The Labute approximate surface area is 113 Å². The van der Waals surface area contributed by atoms with Gasteiger partial charge in [0.15, 0.2) is 0 Å². The van der Waals surface area contributed by atoms with E-state index in [4.69, 9.17) is 0 Å². The van der Waals surface area contributed by atoms with E-state index in [0.717, 1.165) is 12.0 Å². The van der Waals surface area contributed by atoms with Crippen LogP contribution in [0.2, 0.25) is 0 Å². The highest BCUT2D eigenvalue weighted by Gasteiger charge is 2.26. The van der Waals surface area contributed by atoms with Crippen molar-refractivity contribution in [2.24, 2.45) is 5.92 Å². The summed E-state index contributed by atoms with van der Waals surface area (Å²) in [5.74, 6) is 0.985. The maximum Gasteiger partial charge on any atom is 0.0235 e. The SMILES string of the molecule is CCN(CC)C1CCN(CCC2CCNCC2)C1. The van der Waals surface area contributed by atoms with E-state index in [-0.39, 0.29) is 0 Å². The smallest absolute Gasteiger partial charge is 0.0235 e. The van der Waals surface area contributed by atoms with Crippen LogP contribution in [-0.2, 0) is 0 Å². The summed E-state index contributed by atoms with van der Waals surface area (Å²) in [6.07, 6.45) is 5.60. The molecule has 2 rings (SSSR count). The monoisotopic (exact) mass is 253 g/mol. The van der Waals surface area contributed by atoms with Crippen LogP contribution in [0.25, 0.3) is 0 Å². The van der Waals surface area contributed by atoms with Crippen LogP contribution in [-0.4, -0.2) is 61.7 Å². The van der Waals surface area contributed by atoms with Gasteiger partial charge in [0.05, 0.1) is 0 Å². The van der Waals surface area contributed by atoms with Gasteiger partial charge in [-0.2, -0.15) is 0 Å². The third-order valence-electron chi connectivity index (χ3n) is 4.89. The molecule has 2 aliphatic rings. The molecule has 1 N–H and O–H groups in total. The second-order valence-electron chi connectivity index (χ2n) is 5.95. The standard InChI is InChI=1S/C15H31N3/c1-3-18(4-2)15-8-12-17(13-15)11-7-14-5-9-16-10-6-14/h14-16H,3-13H2,1-2H3. The molecule has 0 bridgehead atoms. The highest BCUT2D eigenvalue weighted by molar-refractivity contribution is 4.83. The zero-order chi connectivity index (χ0) is 12.8. The Hall–Kier alpha value is -0.120. The number of rotatable bonds is 6. The molecule has 1 unspecified atom stereocenters. The van der Waals surface area contributed by atoms with Crippen LogP contribution < -0.4 is 5.32 Å². The molecular formula is C15H31N3. The molecule has 0 saturated carbocycles. The summed E-state index contributed by atoms with van der Waals surface area (Å²) in [7, 11) is 0. The lowest BCUT2D eigenvalue weighted by Crippen LogP contribution is -2.37. The van der Waals surface area contributed by atoms with Gasteiger partial charge in [0, 0.05) is 12.6 Å². The summed E-state index contributed by atoms with van der Waals surface area (Å²) in [6.45, 7) is 13.5. The molecular weight excluding hydrogens is 222 g/mol. The summed E-state index contributed by atoms with van der Waals surface area (Å²) in [4.78, 5) is 5.33. The van der Waals surface area contributed by atoms with Gasteiger partial charge in [-0.1, -0.05) is 13.8 Å². The van der Waals surface area contributed by atoms with Gasteiger partial charge in [-0.05, 0) is 70.9 Å². The fourth-order valence-electron chi connectivity index (χ4n) is 3.59. The Kier molecular flexibility index (Phi) is 5.93. The van der Waals surface area contributed by atoms with Gasteiger partial charge in [0.25, 0.3) is 0 Å². The van der Waals surface area contributed by atoms with Crippen LogP contribution in [0.15, 0.2) is 0 Å². The topological polar surface area (TPSA) is 18.5 Å². The van der Waals surface area contributed by atoms with Gasteiger partial charge >= 0.3 is 0 Å². The summed E-state index contributed by atoms with van der Waals surface area (Å²) in [5.41, 5.74) is 0. The van der Waals surface area contributed by atoms with Gasteiger partial charge in [0.1, 0.15) is 0 Å². The zero-order valence-electron chi connectivity index (χ0n) is 12.3. The van der Waals surface area contributed by atoms with Crippen molar-refractivity contribution in [3.05, 3.63) is 0 Å². The fraction of sp³-hybridized carbons (Fsp3) is 1.00. The van der Waals surface area contributed by atoms with E-state index in [1.54, 1.807) is 0 Å². The largest absolute Gasteiger partial charge is 0.317 e. The Bertz CT molecular complexity index is 222. The molecule has 0 radical (unpaired) electrons. The first-order valence-electron chi connectivity index (χ1n) is 8.00. The average molecular weight is 253 g/mol. The average Bonchev–Trinajstić information content (AvgIpc) is 2.88. The number of likely N-dealkylation sites (N-methyl/N-ethyl adjacent to an activating group) is 1. The van der Waals surface area contributed by atoms with Crippen molar-refractivity contribution in [2.45, 2.75) is 45.6 Å². The molecule has 3 nitrogen and oxygen atoms in total. The predicted molar refractivity (Wildman–Crippen MR) is 78.0 cm³/mol. The van der Waals surface area contributed by atoms with Gasteiger partial charge < -0.3 is 10.2 Å². The Balaban J connectivity index is 1.65. The molecule has 3 heteroatoms. The third-order valence-corrected chi connectivity index (χ3v) is 4.89. The molecule has 2 heterocycles. The van der Waals surface area contributed by atoms with Crippen LogP contribution in [0.5, 0.6) is 0 Å². The minimum Gasteiger partial charge on any atom is -0.317 e. The van der Waals surface area contributed by atoms with Gasteiger partial charge in [-0.3, -0.25) is 4.90 Å². The lowest BCUT2D eigenvalue weighted by Gasteiger charge is -2.27. The van der Waals surface area contributed by atoms with E-state index in [9.17, 15) is 0 Å².